The van der Waals surface area contributed by atoms with Crippen LogP contribution in [-0.4, -0.2) is 20.8 Å². The summed E-state index contributed by atoms with van der Waals surface area (Å²) in [5.41, 5.74) is 0.707. The predicted octanol–water partition coefficient (Wildman–Crippen LogP) is 3.43. The van der Waals surface area contributed by atoms with Gasteiger partial charge in [-0.05, 0) is 30.3 Å². The average Bonchev–Trinajstić information content (AvgIpc) is 2.64. The van der Waals surface area contributed by atoms with Crippen molar-refractivity contribution >= 4 is 17.3 Å². The zero-order chi connectivity index (χ0) is 17.6. The largest absolute Gasteiger partial charge is 0.437 e. The van der Waals surface area contributed by atoms with Crippen LogP contribution in [0, 0.1) is 10.1 Å². The molecule has 1 N–H and O–H groups in total. The highest BCUT2D eigenvalue weighted by molar-refractivity contribution is 6.04. The van der Waals surface area contributed by atoms with E-state index in [2.05, 4.69) is 15.3 Å². The van der Waals surface area contributed by atoms with E-state index in [4.69, 9.17) is 4.74 Å². The van der Waals surface area contributed by atoms with Crippen LogP contribution in [0.1, 0.15) is 10.4 Å². The van der Waals surface area contributed by atoms with Crippen LogP contribution in [-0.2, 0) is 0 Å². The number of amides is 1. The number of anilines is 1. The smallest absolute Gasteiger partial charge is 0.269 e. The number of ether oxygens (including phenoxy) is 1. The van der Waals surface area contributed by atoms with E-state index in [1.165, 1.54) is 30.5 Å². The Bertz CT molecular complexity index is 881. The molecule has 0 radical (unpaired) electrons. The minimum absolute atomic E-state index is 0.0740. The summed E-state index contributed by atoms with van der Waals surface area (Å²) >= 11 is 0. The van der Waals surface area contributed by atoms with Crippen LogP contribution in [0.3, 0.4) is 0 Å². The number of hydrogen-bond donors (Lipinski definition) is 1. The molecule has 0 saturated carbocycles. The first-order valence-electron chi connectivity index (χ1n) is 7.21. The monoisotopic (exact) mass is 336 g/mol. The Morgan fingerprint density at radius 1 is 1.08 bits per heavy atom. The number of nitrogens with zero attached hydrogens (tertiary/aromatic N) is 3. The summed E-state index contributed by atoms with van der Waals surface area (Å²) in [7, 11) is 0. The number of carbonyl (C=O) groups excluding carboxylic acids is 1. The molecule has 1 amide bonds. The van der Waals surface area contributed by atoms with E-state index in [-0.39, 0.29) is 5.69 Å². The molecule has 8 heteroatoms. The number of hydrogen-bond acceptors (Lipinski definition) is 6. The predicted molar refractivity (Wildman–Crippen MR) is 89.6 cm³/mol. The van der Waals surface area contributed by atoms with Gasteiger partial charge in [0.05, 0.1) is 23.0 Å². The van der Waals surface area contributed by atoms with Gasteiger partial charge in [0, 0.05) is 30.0 Å². The minimum Gasteiger partial charge on any atom is -0.437 e. The van der Waals surface area contributed by atoms with Crippen molar-refractivity contribution in [2.24, 2.45) is 0 Å². The number of non-ortho nitro benzene ring substituents is 1. The van der Waals surface area contributed by atoms with E-state index in [0.717, 1.165) is 0 Å². The number of carbonyl (C=O) groups is 1. The highest BCUT2D eigenvalue weighted by Crippen LogP contribution is 2.19. The van der Waals surface area contributed by atoms with Gasteiger partial charge >= 0.3 is 0 Å². The fourth-order valence-electron chi connectivity index (χ4n) is 1.98. The molecule has 0 spiro atoms. The number of aromatic nitrogens is 2. The number of nitrogens with one attached hydrogen (secondary N) is 1. The average molecular weight is 336 g/mol. The SMILES string of the molecule is O=C(Nc1ccc(Oc2cccnc2)nc1)c1ccc([N+](=O)[O-])cc1. The van der Waals surface area contributed by atoms with Crippen molar-refractivity contribution in [1.82, 2.24) is 9.97 Å². The number of nitro groups is 1. The van der Waals surface area contributed by atoms with Crippen molar-refractivity contribution < 1.29 is 14.5 Å². The van der Waals surface area contributed by atoms with Gasteiger partial charge in [-0.25, -0.2) is 4.98 Å². The molecule has 0 aliphatic carbocycles. The van der Waals surface area contributed by atoms with E-state index in [0.29, 0.717) is 22.9 Å². The summed E-state index contributed by atoms with van der Waals surface area (Å²) in [5, 5.41) is 13.3. The second-order valence-electron chi connectivity index (χ2n) is 4.93. The lowest BCUT2D eigenvalue weighted by Crippen LogP contribution is -2.12. The standard InChI is InChI=1S/C17H12N4O4/c22-17(12-3-6-14(7-4-12)21(23)24)20-13-5-8-16(19-10-13)25-15-2-1-9-18-11-15/h1-11H,(H,20,22). The maximum Gasteiger partial charge on any atom is 0.269 e. The molecule has 3 rings (SSSR count). The molecular formula is C17H12N4O4. The molecule has 1 aromatic carbocycles. The molecule has 2 aromatic heterocycles. The van der Waals surface area contributed by atoms with Gasteiger partial charge in [-0.2, -0.15) is 0 Å². The Hall–Kier alpha value is -3.81. The summed E-state index contributed by atoms with van der Waals surface area (Å²) in [5.74, 6) is 0.525. The van der Waals surface area contributed by atoms with Crippen LogP contribution in [0.2, 0.25) is 0 Å². The summed E-state index contributed by atoms with van der Waals surface area (Å²) in [6, 6.07) is 12.1. The lowest BCUT2D eigenvalue weighted by Gasteiger charge is -2.07. The third kappa shape index (κ3) is 4.14. The Morgan fingerprint density at radius 2 is 1.88 bits per heavy atom. The number of benzene rings is 1. The summed E-state index contributed by atoms with van der Waals surface area (Å²) in [6.45, 7) is 0. The highest BCUT2D eigenvalue weighted by Gasteiger charge is 2.10. The van der Waals surface area contributed by atoms with Crippen molar-refractivity contribution in [3.63, 3.8) is 0 Å². The topological polar surface area (TPSA) is 107 Å². The second-order valence-corrected chi connectivity index (χ2v) is 4.93. The van der Waals surface area contributed by atoms with Crippen molar-refractivity contribution in [3.8, 4) is 11.6 Å². The summed E-state index contributed by atoms with van der Waals surface area (Å²) in [6.07, 6.45) is 4.65. The quantitative estimate of drug-likeness (QED) is 0.565. The molecule has 25 heavy (non-hydrogen) atoms. The third-order valence-corrected chi connectivity index (χ3v) is 3.19. The molecule has 3 aromatic rings. The fraction of sp³-hybridized carbons (Fsp3) is 0. The first-order valence-corrected chi connectivity index (χ1v) is 7.21. The van der Waals surface area contributed by atoms with Crippen LogP contribution in [0.4, 0.5) is 11.4 Å². The zero-order valence-corrected chi connectivity index (χ0v) is 12.8. The van der Waals surface area contributed by atoms with Gasteiger partial charge < -0.3 is 10.1 Å². The van der Waals surface area contributed by atoms with E-state index >= 15 is 0 Å². The van der Waals surface area contributed by atoms with Gasteiger partial charge in [0.25, 0.3) is 11.6 Å². The van der Waals surface area contributed by atoms with Gasteiger partial charge in [0.2, 0.25) is 5.88 Å². The van der Waals surface area contributed by atoms with Gasteiger partial charge in [-0.15, -0.1) is 0 Å². The molecule has 2 heterocycles. The van der Waals surface area contributed by atoms with Crippen molar-refractivity contribution in [3.05, 3.63) is 82.8 Å². The second kappa shape index (κ2) is 7.18. The van der Waals surface area contributed by atoms with Crippen molar-refractivity contribution in [2.45, 2.75) is 0 Å². The molecule has 0 bridgehead atoms. The number of rotatable bonds is 5. The van der Waals surface area contributed by atoms with Crippen LogP contribution in [0.5, 0.6) is 11.6 Å². The Kier molecular flexibility index (Phi) is 4.61. The van der Waals surface area contributed by atoms with Gasteiger partial charge in [-0.3, -0.25) is 19.9 Å². The highest BCUT2D eigenvalue weighted by atomic mass is 16.6. The number of nitro benzene ring substituents is 1. The number of pyridine rings is 2. The van der Waals surface area contributed by atoms with Crippen molar-refractivity contribution in [2.75, 3.05) is 5.32 Å². The molecule has 0 unspecified atom stereocenters. The van der Waals surface area contributed by atoms with Crippen LogP contribution < -0.4 is 10.1 Å². The minimum atomic E-state index is -0.521. The fourth-order valence-corrected chi connectivity index (χ4v) is 1.98. The van der Waals surface area contributed by atoms with Crippen LogP contribution in [0.15, 0.2) is 67.1 Å². The molecular weight excluding hydrogens is 324 g/mol. The summed E-state index contributed by atoms with van der Waals surface area (Å²) < 4.78 is 5.51. The van der Waals surface area contributed by atoms with Gasteiger partial charge in [-0.1, -0.05) is 0 Å². The Balaban J connectivity index is 1.64. The lowest BCUT2D eigenvalue weighted by atomic mass is 10.2. The van der Waals surface area contributed by atoms with Crippen molar-refractivity contribution in [1.29, 1.82) is 0 Å². The molecule has 0 fully saturated rings. The van der Waals surface area contributed by atoms with Crippen LogP contribution in [0.25, 0.3) is 0 Å². The molecule has 0 aliphatic rings. The lowest BCUT2D eigenvalue weighted by molar-refractivity contribution is -0.384. The van der Waals surface area contributed by atoms with E-state index in [9.17, 15) is 14.9 Å². The molecule has 0 aliphatic heterocycles. The van der Waals surface area contributed by atoms with E-state index in [1.54, 1.807) is 36.7 Å². The maximum atomic E-state index is 12.1. The first-order chi connectivity index (χ1) is 12.1. The molecule has 0 saturated heterocycles. The van der Waals surface area contributed by atoms with E-state index < -0.39 is 10.8 Å². The molecule has 124 valence electrons. The summed E-state index contributed by atoms with van der Waals surface area (Å²) in [4.78, 5) is 30.3. The Morgan fingerprint density at radius 3 is 2.48 bits per heavy atom. The third-order valence-electron chi connectivity index (χ3n) is 3.19. The maximum absolute atomic E-state index is 12.1. The first kappa shape index (κ1) is 16.1. The van der Waals surface area contributed by atoms with Crippen LogP contribution >= 0.6 is 0 Å². The molecule has 8 nitrogen and oxygen atoms in total. The normalized spacial score (nSPS) is 10.1. The Labute approximate surface area is 142 Å². The van der Waals surface area contributed by atoms with E-state index in [1.807, 2.05) is 0 Å². The van der Waals surface area contributed by atoms with Gasteiger partial charge in [0.15, 0.2) is 0 Å². The zero-order valence-electron chi connectivity index (χ0n) is 12.8. The van der Waals surface area contributed by atoms with Gasteiger partial charge in [0.1, 0.15) is 5.75 Å². The molecule has 0 atom stereocenters.